The molecular weight excluding hydrogens is 412 g/mol. The third-order valence-electron chi connectivity index (χ3n) is 3.79. The first-order valence-corrected chi connectivity index (χ1v) is 9.48. The molecule has 12 heteroatoms. The molecule has 1 aromatic rings. The number of alkyl halides is 3. The second kappa shape index (κ2) is 5.76. The van der Waals surface area contributed by atoms with Crippen molar-refractivity contribution in [3.05, 3.63) is 28.8 Å². The molecule has 154 valence electrons. The van der Waals surface area contributed by atoms with Crippen molar-refractivity contribution < 1.29 is 47.2 Å². The zero-order valence-corrected chi connectivity index (χ0v) is 14.4. The van der Waals surface area contributed by atoms with Crippen molar-refractivity contribution in [2.24, 2.45) is 0 Å². The minimum atomic E-state index is -10.1. The Morgan fingerprint density at radius 1 is 1.19 bits per heavy atom. The number of aliphatic carboxylic acids is 1. The van der Waals surface area contributed by atoms with Gasteiger partial charge in [0.25, 0.3) is 0 Å². The van der Waals surface area contributed by atoms with E-state index in [1.165, 1.54) is 0 Å². The summed E-state index contributed by atoms with van der Waals surface area (Å²) in [6, 6.07) is -0.00898. The van der Waals surface area contributed by atoms with E-state index in [4.69, 9.17) is 5.11 Å². The summed E-state index contributed by atoms with van der Waals surface area (Å²) in [6.45, 7) is 1.64. The second-order valence-corrected chi connectivity index (χ2v) is 8.43. The summed E-state index contributed by atoms with van der Waals surface area (Å²) in [5.41, 5.74) is -2.67. The monoisotopic (exact) mass is 426 g/mol. The minimum Gasteiger partial charge on any atom is -0.478 e. The summed E-state index contributed by atoms with van der Waals surface area (Å²) in [4.78, 5) is 8.76. The second-order valence-electron chi connectivity index (χ2n) is 6.02. The van der Waals surface area contributed by atoms with Gasteiger partial charge in [0.05, 0.1) is 5.57 Å². The van der Waals surface area contributed by atoms with Crippen LogP contribution in [0.2, 0.25) is 0 Å². The zero-order valence-electron chi connectivity index (χ0n) is 13.6. The van der Waals surface area contributed by atoms with Crippen LogP contribution >= 0.6 is 10.2 Å². The van der Waals surface area contributed by atoms with E-state index >= 15 is 0 Å². The number of rotatable bonds is 5. The van der Waals surface area contributed by atoms with Crippen LogP contribution < -0.4 is 4.74 Å². The van der Waals surface area contributed by atoms with E-state index in [0.29, 0.717) is 12.5 Å². The van der Waals surface area contributed by atoms with Crippen molar-refractivity contribution in [2.45, 2.75) is 43.4 Å². The zero-order chi connectivity index (χ0) is 20.9. The number of hydrogen-bond acceptors (Lipinski definition) is 2. The van der Waals surface area contributed by atoms with Gasteiger partial charge in [0, 0.05) is 5.56 Å². The van der Waals surface area contributed by atoms with Crippen LogP contribution in [0.1, 0.15) is 30.9 Å². The first-order chi connectivity index (χ1) is 11.9. The molecule has 1 heterocycles. The molecule has 0 radical (unpaired) electrons. The fourth-order valence-electron chi connectivity index (χ4n) is 2.55. The van der Waals surface area contributed by atoms with Crippen LogP contribution in [0.5, 0.6) is 5.75 Å². The van der Waals surface area contributed by atoms with Gasteiger partial charge in [0.2, 0.25) is 6.10 Å². The quantitative estimate of drug-likeness (QED) is 0.549. The van der Waals surface area contributed by atoms with Crippen LogP contribution in [0.3, 0.4) is 0 Å². The number of unbranched alkanes of at least 4 members (excludes halogenated alkanes) is 1. The van der Waals surface area contributed by atoms with Crippen molar-refractivity contribution >= 4 is 22.3 Å². The van der Waals surface area contributed by atoms with Crippen molar-refractivity contribution in [3.8, 4) is 5.75 Å². The number of carboxylic acid groups (broad SMARTS) is 1. The highest BCUT2D eigenvalue weighted by atomic mass is 32.5. The Kier molecular flexibility index (Phi) is 4.55. The summed E-state index contributed by atoms with van der Waals surface area (Å²) in [5, 5.41) is 8.93. The molecule has 0 aliphatic carbocycles. The molecule has 0 amide bonds. The Hall–Kier alpha value is -1.98. The fourth-order valence-corrected chi connectivity index (χ4v) is 3.27. The Bertz CT molecular complexity index is 811. The number of hydrogen-bond donors (Lipinski definition) is 1. The van der Waals surface area contributed by atoms with E-state index in [1.807, 2.05) is 0 Å². The molecule has 0 spiro atoms. The lowest BCUT2D eigenvalue weighted by atomic mass is 9.97. The highest BCUT2D eigenvalue weighted by Gasteiger charge is 2.65. The molecule has 1 unspecified atom stereocenters. The van der Waals surface area contributed by atoms with Gasteiger partial charge in [0.15, 0.2) is 0 Å². The van der Waals surface area contributed by atoms with Gasteiger partial charge in [-0.05, 0) is 36.6 Å². The fraction of sp³-hybridized carbons (Fsp3) is 0.400. The van der Waals surface area contributed by atoms with Crippen molar-refractivity contribution in [1.29, 1.82) is 0 Å². The molecule has 1 aromatic carbocycles. The maximum Gasteiger partial charge on any atom is 0.430 e. The minimum absolute atomic E-state index is 0.0725. The molecule has 0 fully saturated rings. The lowest BCUT2D eigenvalue weighted by Gasteiger charge is -2.41. The molecule has 0 aromatic heterocycles. The number of carboxylic acids is 1. The lowest BCUT2D eigenvalue weighted by molar-refractivity contribution is -0.187. The maximum atomic E-state index is 13.2. The number of fused-ring (bicyclic) bond motifs is 1. The van der Waals surface area contributed by atoms with Gasteiger partial charge in [-0.1, -0.05) is 32.8 Å². The molecular formula is C15H14F8O3S. The molecule has 3 nitrogen and oxygen atoms in total. The smallest absolute Gasteiger partial charge is 0.430 e. The van der Waals surface area contributed by atoms with Gasteiger partial charge in [0.1, 0.15) is 10.6 Å². The normalized spacial score (nSPS) is 20.0. The van der Waals surface area contributed by atoms with Crippen LogP contribution in [0.15, 0.2) is 22.6 Å². The summed E-state index contributed by atoms with van der Waals surface area (Å²) < 4.78 is 110. The van der Waals surface area contributed by atoms with E-state index in [2.05, 4.69) is 4.74 Å². The van der Waals surface area contributed by atoms with Crippen LogP contribution in [0, 0.1) is 0 Å². The van der Waals surface area contributed by atoms with Crippen molar-refractivity contribution in [3.63, 3.8) is 0 Å². The molecule has 1 aliphatic rings. The van der Waals surface area contributed by atoms with Gasteiger partial charge >= 0.3 is 22.4 Å². The SMILES string of the molecule is CCCCc1cc(S(F)(F)(F)(F)F)cc2c1OC(C(F)(F)F)C(C(=O)O)=C2. The summed E-state index contributed by atoms with van der Waals surface area (Å²) in [6.07, 6.45) is -7.42. The molecule has 0 saturated heterocycles. The summed E-state index contributed by atoms with van der Waals surface area (Å²) in [7, 11) is -10.1. The number of aryl methyl sites for hydroxylation is 1. The highest BCUT2D eigenvalue weighted by Crippen LogP contribution is 3.02. The van der Waals surface area contributed by atoms with Crippen LogP contribution in [0.25, 0.3) is 6.08 Å². The van der Waals surface area contributed by atoms with E-state index in [1.54, 1.807) is 6.92 Å². The molecule has 0 bridgehead atoms. The van der Waals surface area contributed by atoms with Crippen molar-refractivity contribution in [2.75, 3.05) is 0 Å². The van der Waals surface area contributed by atoms with Crippen LogP contribution in [0.4, 0.5) is 32.6 Å². The Labute approximate surface area is 148 Å². The third kappa shape index (κ3) is 4.66. The van der Waals surface area contributed by atoms with Gasteiger partial charge in [-0.25, -0.2) is 4.79 Å². The number of halogens is 8. The van der Waals surface area contributed by atoms with E-state index in [9.17, 15) is 37.4 Å². The molecule has 0 saturated carbocycles. The van der Waals surface area contributed by atoms with Crippen molar-refractivity contribution in [1.82, 2.24) is 0 Å². The Morgan fingerprint density at radius 3 is 2.22 bits per heavy atom. The molecule has 2 rings (SSSR count). The number of benzene rings is 1. The lowest BCUT2D eigenvalue weighted by Crippen LogP contribution is -2.40. The number of ether oxygens (including phenoxy) is 1. The van der Waals surface area contributed by atoms with E-state index in [0.717, 1.165) is 0 Å². The van der Waals surface area contributed by atoms with E-state index in [-0.39, 0.29) is 25.0 Å². The van der Waals surface area contributed by atoms with E-state index < -0.39 is 55.8 Å². The van der Waals surface area contributed by atoms with Gasteiger partial charge < -0.3 is 9.84 Å². The largest absolute Gasteiger partial charge is 0.478 e. The average molecular weight is 426 g/mol. The molecule has 1 N–H and O–H groups in total. The first kappa shape index (κ1) is 21.3. The van der Waals surface area contributed by atoms with Crippen LogP contribution in [-0.2, 0) is 11.2 Å². The Morgan fingerprint density at radius 2 is 1.78 bits per heavy atom. The highest BCUT2D eigenvalue weighted by molar-refractivity contribution is 8.45. The number of carbonyl (C=O) groups is 1. The van der Waals surface area contributed by atoms with Crippen LogP contribution in [-0.4, -0.2) is 23.4 Å². The maximum absolute atomic E-state index is 13.2. The van der Waals surface area contributed by atoms with Gasteiger partial charge in [-0.2, -0.15) is 13.2 Å². The molecule has 27 heavy (non-hydrogen) atoms. The average Bonchev–Trinajstić information content (AvgIpc) is 2.47. The first-order valence-electron chi connectivity index (χ1n) is 7.53. The molecule has 1 atom stereocenters. The van der Waals surface area contributed by atoms with Gasteiger partial charge in [-0.15, -0.1) is 0 Å². The standard InChI is InChI=1S/C15H14F8O3S/c1-2-3-4-8-5-10(27(19,20,21,22)23)6-9-7-11(14(24)25)13(15(16,17)18)26-12(8)9/h5-7,13H,2-4H2,1H3,(H,24,25). The predicted molar refractivity (Wildman–Crippen MR) is 82.5 cm³/mol. The summed E-state index contributed by atoms with van der Waals surface area (Å²) in [5.74, 6) is -2.77. The Balaban J connectivity index is 2.77. The summed E-state index contributed by atoms with van der Waals surface area (Å²) >= 11 is 0. The molecule has 1 aliphatic heterocycles. The third-order valence-corrected chi connectivity index (χ3v) is 4.91. The van der Waals surface area contributed by atoms with Gasteiger partial charge in [-0.3, -0.25) is 0 Å². The topological polar surface area (TPSA) is 46.5 Å². The predicted octanol–water partition coefficient (Wildman–Crippen LogP) is 6.48.